The highest BCUT2D eigenvalue weighted by Crippen LogP contribution is 2.35. The van der Waals surface area contributed by atoms with E-state index in [-0.39, 0.29) is 0 Å². The molecule has 1 aliphatic rings. The van der Waals surface area contributed by atoms with Crippen molar-refractivity contribution in [1.29, 1.82) is 0 Å². The van der Waals surface area contributed by atoms with Gasteiger partial charge in [0.15, 0.2) is 5.65 Å². The minimum Gasteiger partial charge on any atom is -0.381 e. The zero-order valence-corrected chi connectivity index (χ0v) is 12.1. The molecule has 0 bridgehead atoms. The molecule has 1 aliphatic carbocycles. The van der Waals surface area contributed by atoms with Crippen molar-refractivity contribution in [3.8, 4) is 0 Å². The Morgan fingerprint density at radius 3 is 2.79 bits per heavy atom. The van der Waals surface area contributed by atoms with E-state index in [1.807, 2.05) is 24.9 Å². The lowest BCUT2D eigenvalue weighted by atomic mass is 9.73. The van der Waals surface area contributed by atoms with Crippen molar-refractivity contribution in [2.45, 2.75) is 39.7 Å². The number of nitrogens with one attached hydrogen (secondary N) is 1. The zero-order chi connectivity index (χ0) is 13.6. The molecule has 4 nitrogen and oxygen atoms in total. The van der Waals surface area contributed by atoms with Crippen LogP contribution in [0.3, 0.4) is 0 Å². The van der Waals surface area contributed by atoms with Crippen LogP contribution in [0.4, 0.5) is 5.69 Å². The Morgan fingerprint density at radius 2 is 2.11 bits per heavy atom. The van der Waals surface area contributed by atoms with Crippen LogP contribution in [-0.4, -0.2) is 20.8 Å². The van der Waals surface area contributed by atoms with E-state index >= 15 is 0 Å². The van der Waals surface area contributed by atoms with Crippen LogP contribution in [0.5, 0.6) is 0 Å². The van der Waals surface area contributed by atoms with Gasteiger partial charge in [-0.15, -0.1) is 0 Å². The molecular formula is C15H22N4. The van der Waals surface area contributed by atoms with Crippen LogP contribution in [0.25, 0.3) is 11.0 Å². The Hall–Kier alpha value is -1.58. The quantitative estimate of drug-likeness (QED) is 0.919. The second kappa shape index (κ2) is 4.51. The zero-order valence-electron chi connectivity index (χ0n) is 12.1. The van der Waals surface area contributed by atoms with Crippen LogP contribution in [0.2, 0.25) is 0 Å². The number of hydrogen-bond donors (Lipinski definition) is 1. The van der Waals surface area contributed by atoms with E-state index in [1.165, 1.54) is 12.8 Å². The van der Waals surface area contributed by atoms with Crippen molar-refractivity contribution < 1.29 is 0 Å². The van der Waals surface area contributed by atoms with Gasteiger partial charge in [-0.05, 0) is 37.7 Å². The summed E-state index contributed by atoms with van der Waals surface area (Å²) in [4.78, 5) is 4.51. The standard InChI is InChI=1S/C15H22N4/c1-9(2)11-5-12(6-11)17-13-7-14-10(3)18-19(4)15(14)16-8-13/h7-9,11-12,17H,5-6H2,1-4H3. The van der Waals surface area contributed by atoms with Crippen LogP contribution < -0.4 is 5.32 Å². The van der Waals surface area contributed by atoms with E-state index in [2.05, 4.69) is 35.3 Å². The van der Waals surface area contributed by atoms with E-state index < -0.39 is 0 Å². The van der Waals surface area contributed by atoms with E-state index in [0.29, 0.717) is 6.04 Å². The summed E-state index contributed by atoms with van der Waals surface area (Å²) in [6.07, 6.45) is 4.48. The fourth-order valence-corrected chi connectivity index (χ4v) is 2.95. The molecule has 0 radical (unpaired) electrons. The Balaban J connectivity index is 1.74. The summed E-state index contributed by atoms with van der Waals surface area (Å²) in [5.74, 6) is 1.69. The molecule has 0 amide bonds. The van der Waals surface area contributed by atoms with Crippen LogP contribution >= 0.6 is 0 Å². The molecule has 0 atom stereocenters. The minimum absolute atomic E-state index is 0.614. The molecule has 2 aromatic rings. The summed E-state index contributed by atoms with van der Waals surface area (Å²) in [5, 5.41) is 9.14. The molecule has 0 aliphatic heterocycles. The van der Waals surface area contributed by atoms with Crippen molar-refractivity contribution in [3.63, 3.8) is 0 Å². The Kier molecular flexibility index (Phi) is 2.96. The van der Waals surface area contributed by atoms with Gasteiger partial charge < -0.3 is 5.32 Å². The Labute approximate surface area is 114 Å². The van der Waals surface area contributed by atoms with Crippen LogP contribution in [0.15, 0.2) is 12.3 Å². The summed E-state index contributed by atoms with van der Waals surface area (Å²) >= 11 is 0. The average Bonchev–Trinajstić information content (AvgIpc) is 2.58. The molecule has 2 aromatic heterocycles. The molecule has 1 fully saturated rings. The lowest BCUT2D eigenvalue weighted by Gasteiger charge is -2.39. The maximum Gasteiger partial charge on any atom is 0.157 e. The minimum atomic E-state index is 0.614. The molecule has 0 spiro atoms. The number of fused-ring (bicyclic) bond motifs is 1. The number of hydrogen-bond acceptors (Lipinski definition) is 3. The topological polar surface area (TPSA) is 42.7 Å². The highest BCUT2D eigenvalue weighted by atomic mass is 15.3. The first kappa shape index (κ1) is 12.5. The van der Waals surface area contributed by atoms with E-state index in [4.69, 9.17) is 0 Å². The molecule has 1 saturated carbocycles. The van der Waals surface area contributed by atoms with Crippen LogP contribution in [0, 0.1) is 18.8 Å². The lowest BCUT2D eigenvalue weighted by Crippen LogP contribution is -2.37. The van der Waals surface area contributed by atoms with Gasteiger partial charge >= 0.3 is 0 Å². The molecule has 0 aromatic carbocycles. The van der Waals surface area contributed by atoms with Crippen LogP contribution in [0.1, 0.15) is 32.4 Å². The first-order valence-corrected chi connectivity index (χ1v) is 7.10. The number of pyridine rings is 1. The number of rotatable bonds is 3. The van der Waals surface area contributed by atoms with Crippen molar-refractivity contribution >= 4 is 16.7 Å². The third-order valence-corrected chi connectivity index (χ3v) is 4.35. The summed E-state index contributed by atoms with van der Waals surface area (Å²) in [5.41, 5.74) is 3.12. The van der Waals surface area contributed by atoms with Crippen molar-refractivity contribution in [3.05, 3.63) is 18.0 Å². The largest absolute Gasteiger partial charge is 0.381 e. The highest BCUT2D eigenvalue weighted by Gasteiger charge is 2.31. The number of nitrogens with zero attached hydrogens (tertiary/aromatic N) is 3. The fourth-order valence-electron chi connectivity index (χ4n) is 2.95. The van der Waals surface area contributed by atoms with Gasteiger partial charge in [-0.1, -0.05) is 13.8 Å². The van der Waals surface area contributed by atoms with Gasteiger partial charge in [0, 0.05) is 18.5 Å². The molecule has 4 heteroatoms. The van der Waals surface area contributed by atoms with E-state index in [0.717, 1.165) is 34.3 Å². The van der Waals surface area contributed by atoms with Gasteiger partial charge in [-0.3, -0.25) is 4.68 Å². The highest BCUT2D eigenvalue weighted by molar-refractivity contribution is 5.81. The number of anilines is 1. The molecule has 19 heavy (non-hydrogen) atoms. The lowest BCUT2D eigenvalue weighted by molar-refractivity contribution is 0.212. The molecular weight excluding hydrogens is 236 g/mol. The summed E-state index contributed by atoms with van der Waals surface area (Å²) in [7, 11) is 1.94. The SMILES string of the molecule is Cc1nn(C)c2ncc(NC3CC(C(C)C)C3)cc12. The van der Waals surface area contributed by atoms with Gasteiger partial charge in [0.2, 0.25) is 0 Å². The number of aromatic nitrogens is 3. The molecule has 0 saturated heterocycles. The second-order valence-electron chi connectivity index (χ2n) is 6.12. The van der Waals surface area contributed by atoms with Crippen molar-refractivity contribution in [2.24, 2.45) is 18.9 Å². The first-order valence-electron chi connectivity index (χ1n) is 7.10. The van der Waals surface area contributed by atoms with E-state index in [9.17, 15) is 0 Å². The summed E-state index contributed by atoms with van der Waals surface area (Å²) in [6.45, 7) is 6.66. The summed E-state index contributed by atoms with van der Waals surface area (Å²) < 4.78 is 1.84. The normalized spacial score (nSPS) is 22.8. The molecule has 102 valence electrons. The van der Waals surface area contributed by atoms with Gasteiger partial charge in [0.25, 0.3) is 0 Å². The average molecular weight is 258 g/mol. The third kappa shape index (κ3) is 2.20. The molecule has 2 heterocycles. The van der Waals surface area contributed by atoms with Crippen molar-refractivity contribution in [2.75, 3.05) is 5.32 Å². The van der Waals surface area contributed by atoms with Gasteiger partial charge in [0.1, 0.15) is 0 Å². The monoisotopic (exact) mass is 258 g/mol. The first-order chi connectivity index (χ1) is 9.04. The van der Waals surface area contributed by atoms with E-state index in [1.54, 1.807) is 0 Å². The van der Waals surface area contributed by atoms with Crippen molar-refractivity contribution in [1.82, 2.24) is 14.8 Å². The number of aryl methyl sites for hydroxylation is 2. The van der Waals surface area contributed by atoms with Gasteiger partial charge in [0.05, 0.1) is 17.6 Å². The second-order valence-corrected chi connectivity index (χ2v) is 6.12. The molecule has 3 rings (SSSR count). The predicted octanol–water partition coefficient (Wildman–Crippen LogP) is 3.12. The van der Waals surface area contributed by atoms with Gasteiger partial charge in [-0.25, -0.2) is 4.98 Å². The van der Waals surface area contributed by atoms with Gasteiger partial charge in [-0.2, -0.15) is 5.10 Å². The maximum absolute atomic E-state index is 4.51. The maximum atomic E-state index is 4.51. The molecule has 0 unspecified atom stereocenters. The van der Waals surface area contributed by atoms with Crippen LogP contribution in [-0.2, 0) is 7.05 Å². The fraction of sp³-hybridized carbons (Fsp3) is 0.600. The Morgan fingerprint density at radius 1 is 1.37 bits per heavy atom. The third-order valence-electron chi connectivity index (χ3n) is 4.35. The summed E-state index contributed by atoms with van der Waals surface area (Å²) in [6, 6.07) is 2.79. The smallest absolute Gasteiger partial charge is 0.157 e. The molecule has 1 N–H and O–H groups in total. The predicted molar refractivity (Wildman–Crippen MR) is 78.2 cm³/mol. The Bertz CT molecular complexity index is 593.